The minimum Gasteiger partial charge on any atom is -0.367 e. The molecule has 2 unspecified atom stereocenters. The topological polar surface area (TPSA) is 95.7 Å². The molecular formula is C24H26N4O3. The normalized spacial score (nSPS) is 22.9. The Labute approximate surface area is 181 Å². The van der Waals surface area contributed by atoms with E-state index in [2.05, 4.69) is 40.5 Å². The van der Waals surface area contributed by atoms with Gasteiger partial charge in [0.05, 0.1) is 0 Å². The van der Waals surface area contributed by atoms with Gasteiger partial charge in [-0.25, -0.2) is 0 Å². The van der Waals surface area contributed by atoms with Gasteiger partial charge in [0.25, 0.3) is 5.91 Å². The maximum Gasteiger partial charge on any atom is 0.255 e. The highest BCUT2D eigenvalue weighted by Crippen LogP contribution is 2.36. The van der Waals surface area contributed by atoms with Gasteiger partial charge in [0.15, 0.2) is 0 Å². The fourth-order valence-corrected chi connectivity index (χ4v) is 5.06. The molecule has 7 nitrogen and oxygen atoms in total. The molecule has 2 atom stereocenters. The van der Waals surface area contributed by atoms with Gasteiger partial charge in [-0.05, 0) is 54.1 Å². The number of imide groups is 1. The van der Waals surface area contributed by atoms with E-state index in [0.29, 0.717) is 31.0 Å². The molecule has 1 saturated heterocycles. The molecule has 3 heterocycles. The second-order valence-corrected chi connectivity index (χ2v) is 8.59. The molecule has 0 saturated carbocycles. The molecule has 5 rings (SSSR count). The van der Waals surface area contributed by atoms with Crippen molar-refractivity contribution in [3.05, 3.63) is 64.7 Å². The van der Waals surface area contributed by atoms with Crippen LogP contribution in [-0.2, 0) is 22.7 Å². The summed E-state index contributed by atoms with van der Waals surface area (Å²) in [4.78, 5) is 40.6. The SMILES string of the molecule is NCC1CCN(Cc2ccc3c(c2)CN(C2CCC(=O)NC2=O)C3=O)c2ccccc21. The van der Waals surface area contributed by atoms with E-state index < -0.39 is 6.04 Å². The van der Waals surface area contributed by atoms with Crippen LogP contribution in [-0.4, -0.2) is 41.8 Å². The number of hydrogen-bond acceptors (Lipinski definition) is 5. The van der Waals surface area contributed by atoms with Crippen molar-refractivity contribution in [3.8, 4) is 0 Å². The van der Waals surface area contributed by atoms with Crippen molar-refractivity contribution >= 4 is 23.4 Å². The van der Waals surface area contributed by atoms with Gasteiger partial charge in [0.1, 0.15) is 6.04 Å². The van der Waals surface area contributed by atoms with Crippen LogP contribution < -0.4 is 16.0 Å². The lowest BCUT2D eigenvalue weighted by Crippen LogP contribution is -2.52. The van der Waals surface area contributed by atoms with Crippen LogP contribution in [0.3, 0.4) is 0 Å². The first-order valence-corrected chi connectivity index (χ1v) is 10.9. The average molecular weight is 418 g/mol. The first kappa shape index (κ1) is 19.8. The molecule has 2 aromatic rings. The molecule has 160 valence electrons. The maximum absolute atomic E-state index is 12.9. The minimum absolute atomic E-state index is 0.134. The number of carbonyl (C=O) groups is 3. The van der Waals surface area contributed by atoms with Crippen LogP contribution in [0.2, 0.25) is 0 Å². The molecular weight excluding hydrogens is 392 g/mol. The first-order chi connectivity index (χ1) is 15.0. The van der Waals surface area contributed by atoms with Crippen LogP contribution in [0.15, 0.2) is 42.5 Å². The number of hydrogen-bond donors (Lipinski definition) is 2. The number of nitrogens with zero attached hydrogens (tertiary/aromatic N) is 2. The van der Waals surface area contributed by atoms with E-state index in [9.17, 15) is 14.4 Å². The number of amides is 3. The number of nitrogens with one attached hydrogen (secondary N) is 1. The quantitative estimate of drug-likeness (QED) is 0.740. The Morgan fingerprint density at radius 2 is 1.90 bits per heavy atom. The number of carbonyl (C=O) groups excluding carboxylic acids is 3. The van der Waals surface area contributed by atoms with Gasteiger partial charge in [-0.2, -0.15) is 0 Å². The van der Waals surface area contributed by atoms with Crippen molar-refractivity contribution < 1.29 is 14.4 Å². The standard InChI is InChI=1S/C24H26N4O3/c25-12-16-9-10-27(20-4-2-1-3-18(16)20)13-15-5-6-19-17(11-15)14-28(24(19)31)21-7-8-22(29)26-23(21)30/h1-6,11,16,21H,7-10,12-14,25H2,(H,26,29,30). The number of benzene rings is 2. The van der Waals surface area contributed by atoms with Crippen molar-refractivity contribution in [3.63, 3.8) is 0 Å². The summed E-state index contributed by atoms with van der Waals surface area (Å²) in [6.45, 7) is 2.76. The van der Waals surface area contributed by atoms with Crippen LogP contribution in [0.5, 0.6) is 0 Å². The fourth-order valence-electron chi connectivity index (χ4n) is 5.06. The summed E-state index contributed by atoms with van der Waals surface area (Å²) in [5.74, 6) is -0.388. The van der Waals surface area contributed by atoms with E-state index in [0.717, 1.165) is 30.6 Å². The second kappa shape index (κ2) is 7.81. The summed E-state index contributed by atoms with van der Waals surface area (Å²) in [6, 6.07) is 13.8. The number of anilines is 1. The lowest BCUT2D eigenvalue weighted by molar-refractivity contribution is -0.136. The second-order valence-electron chi connectivity index (χ2n) is 8.59. The first-order valence-electron chi connectivity index (χ1n) is 10.9. The van der Waals surface area contributed by atoms with Crippen molar-refractivity contribution in [1.82, 2.24) is 10.2 Å². The smallest absolute Gasteiger partial charge is 0.255 e. The molecule has 3 N–H and O–H groups in total. The molecule has 0 aromatic heterocycles. The molecule has 1 fully saturated rings. The molecule has 2 aromatic carbocycles. The monoisotopic (exact) mass is 418 g/mol. The Kier molecular flexibility index (Phi) is 4.98. The Morgan fingerprint density at radius 1 is 1.06 bits per heavy atom. The number of fused-ring (bicyclic) bond motifs is 2. The number of para-hydroxylation sites is 1. The van der Waals surface area contributed by atoms with Gasteiger partial charge >= 0.3 is 0 Å². The molecule has 3 aliphatic heterocycles. The summed E-state index contributed by atoms with van der Waals surface area (Å²) in [5.41, 5.74) is 11.2. The summed E-state index contributed by atoms with van der Waals surface area (Å²) in [5, 5.41) is 2.35. The summed E-state index contributed by atoms with van der Waals surface area (Å²) in [7, 11) is 0. The largest absolute Gasteiger partial charge is 0.367 e. The zero-order chi connectivity index (χ0) is 21.5. The van der Waals surface area contributed by atoms with E-state index in [1.54, 1.807) is 4.90 Å². The number of rotatable bonds is 4. The molecule has 3 amide bonds. The lowest BCUT2D eigenvalue weighted by atomic mass is 9.89. The third kappa shape index (κ3) is 3.49. The zero-order valence-corrected chi connectivity index (χ0v) is 17.3. The van der Waals surface area contributed by atoms with Crippen molar-refractivity contribution in [1.29, 1.82) is 0 Å². The van der Waals surface area contributed by atoms with Crippen molar-refractivity contribution in [2.45, 2.75) is 44.3 Å². The predicted octanol–water partition coefficient (Wildman–Crippen LogP) is 1.90. The highest BCUT2D eigenvalue weighted by molar-refractivity contribution is 6.05. The van der Waals surface area contributed by atoms with Gasteiger partial charge in [-0.1, -0.05) is 30.3 Å². The minimum atomic E-state index is -0.580. The maximum atomic E-state index is 12.9. The van der Waals surface area contributed by atoms with Crippen LogP contribution >= 0.6 is 0 Å². The molecule has 31 heavy (non-hydrogen) atoms. The van der Waals surface area contributed by atoms with E-state index >= 15 is 0 Å². The molecule has 0 bridgehead atoms. The number of piperidine rings is 1. The Morgan fingerprint density at radius 3 is 2.71 bits per heavy atom. The average Bonchev–Trinajstić information content (AvgIpc) is 3.09. The van der Waals surface area contributed by atoms with Gasteiger partial charge in [0, 0.05) is 37.3 Å². The highest BCUT2D eigenvalue weighted by atomic mass is 16.2. The summed E-state index contributed by atoms with van der Waals surface area (Å²) >= 11 is 0. The van der Waals surface area contributed by atoms with Crippen LogP contribution in [0.4, 0.5) is 5.69 Å². The third-order valence-corrected chi connectivity index (χ3v) is 6.71. The zero-order valence-electron chi connectivity index (χ0n) is 17.3. The Hall–Kier alpha value is -3.19. The molecule has 0 radical (unpaired) electrons. The van der Waals surface area contributed by atoms with E-state index in [4.69, 9.17) is 5.73 Å². The molecule has 3 aliphatic rings. The molecule has 7 heteroatoms. The van der Waals surface area contributed by atoms with E-state index in [1.165, 1.54) is 11.3 Å². The lowest BCUT2D eigenvalue weighted by Gasteiger charge is -2.35. The fraction of sp³-hybridized carbons (Fsp3) is 0.375. The number of nitrogens with two attached hydrogens (primary N) is 1. The van der Waals surface area contributed by atoms with Crippen LogP contribution in [0, 0.1) is 0 Å². The van der Waals surface area contributed by atoms with Crippen LogP contribution in [0.1, 0.15) is 52.2 Å². The Bertz CT molecular complexity index is 1070. The molecule has 0 spiro atoms. The van der Waals surface area contributed by atoms with E-state index in [-0.39, 0.29) is 24.1 Å². The van der Waals surface area contributed by atoms with Gasteiger partial charge in [-0.3, -0.25) is 19.7 Å². The van der Waals surface area contributed by atoms with Crippen molar-refractivity contribution in [2.75, 3.05) is 18.0 Å². The van der Waals surface area contributed by atoms with Gasteiger partial charge in [-0.15, -0.1) is 0 Å². The Balaban J connectivity index is 1.35. The van der Waals surface area contributed by atoms with Gasteiger partial charge in [0.2, 0.25) is 11.8 Å². The molecule has 0 aliphatic carbocycles. The van der Waals surface area contributed by atoms with Crippen LogP contribution in [0.25, 0.3) is 0 Å². The summed E-state index contributed by atoms with van der Waals surface area (Å²) < 4.78 is 0. The predicted molar refractivity (Wildman–Crippen MR) is 116 cm³/mol. The summed E-state index contributed by atoms with van der Waals surface area (Å²) in [6.07, 6.45) is 1.67. The van der Waals surface area contributed by atoms with Crippen molar-refractivity contribution in [2.24, 2.45) is 5.73 Å². The van der Waals surface area contributed by atoms with E-state index in [1.807, 2.05) is 12.1 Å². The third-order valence-electron chi connectivity index (χ3n) is 6.71. The van der Waals surface area contributed by atoms with Gasteiger partial charge < -0.3 is 15.5 Å². The highest BCUT2D eigenvalue weighted by Gasteiger charge is 2.39.